The zero-order valence-electron chi connectivity index (χ0n) is 14.6. The Hall–Kier alpha value is -2.11. The van der Waals surface area contributed by atoms with Gasteiger partial charge in [0.25, 0.3) is 6.43 Å². The van der Waals surface area contributed by atoms with Gasteiger partial charge >= 0.3 is 5.97 Å². The van der Waals surface area contributed by atoms with Gasteiger partial charge < -0.3 is 9.30 Å². The van der Waals surface area contributed by atoms with Gasteiger partial charge in [0, 0.05) is 24.2 Å². The van der Waals surface area contributed by atoms with E-state index in [2.05, 4.69) is 14.9 Å². The van der Waals surface area contributed by atoms with Crippen LogP contribution in [-0.4, -0.2) is 42.0 Å². The molecule has 28 heavy (non-hydrogen) atoms. The molecule has 0 radical (unpaired) electrons. The van der Waals surface area contributed by atoms with Crippen LogP contribution in [0.3, 0.4) is 0 Å². The van der Waals surface area contributed by atoms with Gasteiger partial charge in [-0.25, -0.2) is 17.2 Å². The summed E-state index contributed by atoms with van der Waals surface area (Å²) in [5.74, 6) is -1.09. The second kappa shape index (κ2) is 7.72. The van der Waals surface area contributed by atoms with Crippen molar-refractivity contribution in [1.82, 2.24) is 14.8 Å². The standard InChI is InChI=1S/C16H14ClF2N3O4S2/c1-22-7-10(15-20-21-16(27-15)14(18)19)9-5-8(6-11(17)13(9)22)28(24,25)4-3-12(23)26-2/h5-7,14H,3-4H2,1-2H3. The van der Waals surface area contributed by atoms with Gasteiger partial charge in [-0.2, -0.15) is 0 Å². The Morgan fingerprint density at radius 1 is 1.36 bits per heavy atom. The molecule has 0 unspecified atom stereocenters. The first-order valence-corrected chi connectivity index (χ1v) is 10.7. The van der Waals surface area contributed by atoms with Gasteiger partial charge in [-0.3, -0.25) is 4.79 Å². The van der Waals surface area contributed by atoms with E-state index in [-0.39, 0.29) is 21.3 Å². The fourth-order valence-corrected chi connectivity index (χ4v) is 5.09. The van der Waals surface area contributed by atoms with Crippen molar-refractivity contribution in [3.8, 4) is 10.6 Å². The fraction of sp³-hybridized carbons (Fsp3) is 0.312. The van der Waals surface area contributed by atoms with E-state index in [0.29, 0.717) is 16.5 Å². The molecule has 0 bridgehead atoms. The molecular weight excluding hydrogens is 436 g/mol. The number of sulfone groups is 1. The Labute approximate surface area is 167 Å². The SMILES string of the molecule is COC(=O)CCS(=O)(=O)c1cc(Cl)c2c(c1)c(-c1nnc(C(F)F)s1)cn2C. The highest BCUT2D eigenvalue weighted by atomic mass is 35.5. The van der Waals surface area contributed by atoms with Gasteiger partial charge in [0.05, 0.1) is 34.7 Å². The predicted molar refractivity (Wildman–Crippen MR) is 100 cm³/mol. The maximum Gasteiger partial charge on any atom is 0.306 e. The quantitative estimate of drug-likeness (QED) is 0.534. The van der Waals surface area contributed by atoms with Crippen LogP contribution in [0.4, 0.5) is 8.78 Å². The lowest BCUT2D eigenvalue weighted by Crippen LogP contribution is -2.12. The number of halogens is 3. The Kier molecular flexibility index (Phi) is 5.69. The maximum absolute atomic E-state index is 12.8. The highest BCUT2D eigenvalue weighted by molar-refractivity contribution is 7.91. The lowest BCUT2D eigenvalue weighted by molar-refractivity contribution is -0.140. The number of carbonyl (C=O) groups is 1. The van der Waals surface area contributed by atoms with Crippen molar-refractivity contribution in [2.75, 3.05) is 12.9 Å². The smallest absolute Gasteiger partial charge is 0.306 e. The van der Waals surface area contributed by atoms with Gasteiger partial charge in [-0.15, -0.1) is 10.2 Å². The largest absolute Gasteiger partial charge is 0.469 e. The van der Waals surface area contributed by atoms with E-state index in [1.807, 2.05) is 0 Å². The monoisotopic (exact) mass is 449 g/mol. The highest BCUT2D eigenvalue weighted by Gasteiger charge is 2.23. The van der Waals surface area contributed by atoms with Crippen molar-refractivity contribution >= 4 is 49.6 Å². The van der Waals surface area contributed by atoms with E-state index < -0.39 is 33.0 Å². The minimum absolute atomic E-state index is 0.0834. The normalized spacial score (nSPS) is 12.1. The number of fused-ring (bicyclic) bond motifs is 1. The maximum atomic E-state index is 12.8. The molecule has 2 aromatic heterocycles. The lowest BCUT2D eigenvalue weighted by Gasteiger charge is -2.07. The van der Waals surface area contributed by atoms with Crippen LogP contribution in [0.2, 0.25) is 5.02 Å². The Morgan fingerprint density at radius 3 is 2.68 bits per heavy atom. The van der Waals surface area contributed by atoms with Crippen LogP contribution in [0, 0.1) is 0 Å². The van der Waals surface area contributed by atoms with Crippen LogP contribution >= 0.6 is 22.9 Å². The summed E-state index contributed by atoms with van der Waals surface area (Å²) >= 11 is 7.01. The zero-order chi connectivity index (χ0) is 20.6. The molecule has 0 saturated carbocycles. The first-order valence-electron chi connectivity index (χ1n) is 7.84. The molecule has 3 aromatic rings. The summed E-state index contributed by atoms with van der Waals surface area (Å²) in [6.07, 6.45) is -1.43. The van der Waals surface area contributed by atoms with Gasteiger partial charge in [0.1, 0.15) is 5.01 Å². The summed E-state index contributed by atoms with van der Waals surface area (Å²) in [5.41, 5.74) is 0.964. The van der Waals surface area contributed by atoms with Crippen LogP contribution < -0.4 is 0 Å². The zero-order valence-corrected chi connectivity index (χ0v) is 17.0. The molecule has 2 heterocycles. The molecule has 0 spiro atoms. The Balaban J connectivity index is 2.12. The number of hydrogen-bond acceptors (Lipinski definition) is 7. The van der Waals surface area contributed by atoms with E-state index in [0.717, 1.165) is 11.3 Å². The van der Waals surface area contributed by atoms with Crippen molar-refractivity contribution < 1.29 is 26.7 Å². The van der Waals surface area contributed by atoms with E-state index in [9.17, 15) is 22.0 Å². The number of nitrogens with zero attached hydrogens (tertiary/aromatic N) is 3. The molecule has 0 fully saturated rings. The van der Waals surface area contributed by atoms with E-state index >= 15 is 0 Å². The van der Waals surface area contributed by atoms with Crippen LogP contribution in [0.1, 0.15) is 17.9 Å². The van der Waals surface area contributed by atoms with Crippen molar-refractivity contribution in [3.05, 3.63) is 28.4 Å². The summed E-state index contributed by atoms with van der Waals surface area (Å²) in [5, 5.41) is 7.65. The van der Waals surface area contributed by atoms with Crippen molar-refractivity contribution in [1.29, 1.82) is 0 Å². The third kappa shape index (κ3) is 3.87. The van der Waals surface area contributed by atoms with Gasteiger partial charge in [-0.05, 0) is 12.1 Å². The molecular formula is C16H14ClF2N3O4S2. The number of methoxy groups -OCH3 is 1. The third-order valence-electron chi connectivity index (χ3n) is 4.02. The Morgan fingerprint density at radius 2 is 2.07 bits per heavy atom. The molecule has 1 aromatic carbocycles. The van der Waals surface area contributed by atoms with Crippen molar-refractivity contribution in [3.63, 3.8) is 0 Å². The number of aromatic nitrogens is 3. The second-order valence-corrected chi connectivity index (χ2v) is 9.37. The molecule has 0 amide bonds. The molecule has 0 N–H and O–H groups in total. The van der Waals surface area contributed by atoms with E-state index in [1.165, 1.54) is 19.2 Å². The first kappa shape index (κ1) is 20.6. The molecule has 7 nitrogen and oxygen atoms in total. The number of aryl methyl sites for hydroxylation is 1. The van der Waals surface area contributed by atoms with E-state index in [4.69, 9.17) is 11.6 Å². The Bertz CT molecular complexity index is 1160. The molecule has 150 valence electrons. The van der Waals surface area contributed by atoms with Crippen LogP contribution in [0.5, 0.6) is 0 Å². The van der Waals surface area contributed by atoms with Crippen LogP contribution in [-0.2, 0) is 26.4 Å². The third-order valence-corrected chi connectivity index (χ3v) is 6.97. The molecule has 3 rings (SSSR count). The molecule has 0 atom stereocenters. The molecule has 12 heteroatoms. The summed E-state index contributed by atoms with van der Waals surface area (Å²) in [6.45, 7) is 0. The summed E-state index contributed by atoms with van der Waals surface area (Å²) in [6, 6.07) is 2.69. The number of rotatable bonds is 6. The average Bonchev–Trinajstić information content (AvgIpc) is 3.25. The van der Waals surface area contributed by atoms with E-state index in [1.54, 1.807) is 17.8 Å². The van der Waals surface area contributed by atoms with Crippen molar-refractivity contribution in [2.45, 2.75) is 17.7 Å². The number of hydrogen-bond donors (Lipinski definition) is 0. The van der Waals surface area contributed by atoms with Gasteiger partial charge in [-0.1, -0.05) is 22.9 Å². The first-order chi connectivity index (χ1) is 13.1. The summed E-state index contributed by atoms with van der Waals surface area (Å²) in [4.78, 5) is 11.2. The number of esters is 1. The molecule has 0 aliphatic rings. The predicted octanol–water partition coefficient (Wildman–Crippen LogP) is 3.62. The number of carbonyl (C=O) groups excluding carboxylic acids is 1. The minimum Gasteiger partial charge on any atom is -0.469 e. The minimum atomic E-state index is -3.82. The van der Waals surface area contributed by atoms with Gasteiger partial charge in [0.15, 0.2) is 14.8 Å². The summed E-state index contributed by atoms with van der Waals surface area (Å²) in [7, 11) is -0.961. The topological polar surface area (TPSA) is 91.2 Å². The van der Waals surface area contributed by atoms with Gasteiger partial charge in [0.2, 0.25) is 0 Å². The van der Waals surface area contributed by atoms with Crippen LogP contribution in [0.25, 0.3) is 21.5 Å². The number of benzene rings is 1. The average molecular weight is 450 g/mol. The van der Waals surface area contributed by atoms with Crippen molar-refractivity contribution in [2.24, 2.45) is 7.05 Å². The highest BCUT2D eigenvalue weighted by Crippen LogP contribution is 2.38. The number of ether oxygens (including phenoxy) is 1. The number of alkyl halides is 2. The molecule has 0 aliphatic carbocycles. The lowest BCUT2D eigenvalue weighted by atomic mass is 10.2. The molecule has 0 aliphatic heterocycles. The molecule has 0 saturated heterocycles. The van der Waals surface area contributed by atoms with Crippen LogP contribution in [0.15, 0.2) is 23.2 Å². The second-order valence-electron chi connectivity index (χ2n) is 5.85. The fourth-order valence-electron chi connectivity index (χ4n) is 2.68. The summed E-state index contributed by atoms with van der Waals surface area (Å²) < 4.78 is 57.0.